The first-order valence-electron chi connectivity index (χ1n) is 12.7. The van der Waals surface area contributed by atoms with Crippen LogP contribution in [-0.4, -0.2) is 54.5 Å². The zero-order valence-electron chi connectivity index (χ0n) is 21.5. The highest BCUT2D eigenvalue weighted by molar-refractivity contribution is 7.90. The van der Waals surface area contributed by atoms with E-state index >= 15 is 0 Å². The molecule has 0 aliphatic carbocycles. The normalized spacial score (nSPS) is 14.5. The van der Waals surface area contributed by atoms with Gasteiger partial charge in [0.2, 0.25) is 11.8 Å². The van der Waals surface area contributed by atoms with Crippen molar-refractivity contribution in [2.75, 3.05) is 13.1 Å². The summed E-state index contributed by atoms with van der Waals surface area (Å²) in [4.78, 5) is 41.1. The minimum Gasteiger partial charge on any atom is -0.355 e. The quantitative estimate of drug-likeness (QED) is 0.377. The number of carbonyl (C=O) groups is 3. The number of benzene rings is 3. The largest absolute Gasteiger partial charge is 0.355 e. The average Bonchev–Trinajstić information content (AvgIpc) is 3.13. The Morgan fingerprint density at radius 3 is 2.28 bits per heavy atom. The van der Waals surface area contributed by atoms with E-state index in [0.29, 0.717) is 18.0 Å². The maximum Gasteiger partial charge on any atom is 0.269 e. The molecular weight excluding hydrogens is 538 g/mol. The molecule has 3 aromatic rings. The maximum absolute atomic E-state index is 13.7. The second-order valence-electron chi connectivity index (χ2n) is 9.23. The number of nitrogens with zero attached hydrogens (tertiary/aromatic N) is 2. The van der Waals surface area contributed by atoms with Gasteiger partial charge in [-0.05, 0) is 48.7 Å². The van der Waals surface area contributed by atoms with E-state index in [-0.39, 0.29) is 48.2 Å². The van der Waals surface area contributed by atoms with Crippen LogP contribution in [0.2, 0.25) is 5.02 Å². The SMILES string of the molecule is CCNC(=O)[C@H](Cc1ccccc1)N(Cc1ccc(Cl)cc1)C(=O)CCCN1C(=O)c2ccccc2S1(=O)=O. The van der Waals surface area contributed by atoms with Gasteiger partial charge in [-0.3, -0.25) is 14.4 Å². The Morgan fingerprint density at radius 1 is 0.949 bits per heavy atom. The summed E-state index contributed by atoms with van der Waals surface area (Å²) in [6.45, 7) is 2.24. The van der Waals surface area contributed by atoms with Crippen LogP contribution in [0.4, 0.5) is 0 Å². The van der Waals surface area contributed by atoms with Gasteiger partial charge in [-0.25, -0.2) is 12.7 Å². The fraction of sp³-hybridized carbons (Fsp3) is 0.276. The van der Waals surface area contributed by atoms with E-state index in [2.05, 4.69) is 5.32 Å². The van der Waals surface area contributed by atoms with Gasteiger partial charge in [-0.15, -0.1) is 0 Å². The standard InChI is InChI=1S/C29H30ClN3O5S/c1-2-31-28(35)25(19-21-9-4-3-5-10-21)32(20-22-14-16-23(30)17-15-22)27(34)13-8-18-33-29(36)24-11-6-7-12-26(24)39(33,37)38/h3-7,9-12,14-17,25H,2,8,13,18-20H2,1H3,(H,31,35)/t25-/m0/s1. The van der Waals surface area contributed by atoms with E-state index in [0.717, 1.165) is 15.4 Å². The van der Waals surface area contributed by atoms with E-state index in [1.54, 1.807) is 36.4 Å². The molecular formula is C29H30ClN3O5S. The van der Waals surface area contributed by atoms with Crippen LogP contribution < -0.4 is 5.32 Å². The summed E-state index contributed by atoms with van der Waals surface area (Å²) in [6, 6.07) is 21.8. The maximum atomic E-state index is 13.7. The first-order chi connectivity index (χ1) is 18.7. The number of likely N-dealkylation sites (N-methyl/N-ethyl adjacent to an activating group) is 1. The molecule has 0 aromatic heterocycles. The van der Waals surface area contributed by atoms with Gasteiger partial charge in [0.15, 0.2) is 0 Å². The number of hydrogen-bond donors (Lipinski definition) is 1. The van der Waals surface area contributed by atoms with Crippen LogP contribution >= 0.6 is 11.6 Å². The third-order valence-corrected chi connectivity index (χ3v) is 8.64. The molecule has 0 radical (unpaired) electrons. The van der Waals surface area contributed by atoms with Crippen molar-refractivity contribution >= 4 is 39.3 Å². The number of amides is 3. The summed E-state index contributed by atoms with van der Waals surface area (Å²) < 4.78 is 26.6. The molecule has 0 saturated carbocycles. The number of carbonyl (C=O) groups excluding carboxylic acids is 3. The number of hydrogen-bond acceptors (Lipinski definition) is 5. The van der Waals surface area contributed by atoms with E-state index < -0.39 is 22.0 Å². The molecule has 0 bridgehead atoms. The zero-order chi connectivity index (χ0) is 28.0. The van der Waals surface area contributed by atoms with Crippen molar-refractivity contribution in [2.45, 2.75) is 43.7 Å². The Balaban J connectivity index is 1.55. The minimum absolute atomic E-state index is 0.0233. The number of nitrogens with one attached hydrogen (secondary N) is 1. The Morgan fingerprint density at radius 2 is 1.62 bits per heavy atom. The van der Waals surface area contributed by atoms with Crippen LogP contribution in [0.3, 0.4) is 0 Å². The Kier molecular flexibility index (Phi) is 9.04. The molecule has 1 heterocycles. The molecule has 10 heteroatoms. The fourth-order valence-electron chi connectivity index (χ4n) is 4.60. The Hall–Kier alpha value is -3.69. The fourth-order valence-corrected chi connectivity index (χ4v) is 6.34. The monoisotopic (exact) mass is 567 g/mol. The van der Waals surface area contributed by atoms with Gasteiger partial charge < -0.3 is 10.2 Å². The molecule has 204 valence electrons. The van der Waals surface area contributed by atoms with Crippen LogP contribution in [-0.2, 0) is 32.6 Å². The third kappa shape index (κ3) is 6.49. The Labute approximate surface area is 233 Å². The smallest absolute Gasteiger partial charge is 0.269 e. The topological polar surface area (TPSA) is 104 Å². The van der Waals surface area contributed by atoms with Crippen molar-refractivity contribution < 1.29 is 22.8 Å². The van der Waals surface area contributed by atoms with Crippen LogP contribution in [0.1, 0.15) is 41.3 Å². The zero-order valence-corrected chi connectivity index (χ0v) is 23.1. The van der Waals surface area contributed by atoms with Crippen molar-refractivity contribution in [2.24, 2.45) is 0 Å². The number of rotatable bonds is 11. The lowest BCUT2D eigenvalue weighted by molar-refractivity contribution is -0.141. The molecule has 3 amide bonds. The molecule has 1 aliphatic rings. The van der Waals surface area contributed by atoms with Crippen molar-refractivity contribution in [1.82, 2.24) is 14.5 Å². The lowest BCUT2D eigenvalue weighted by Crippen LogP contribution is -2.50. The van der Waals surface area contributed by atoms with Gasteiger partial charge in [0, 0.05) is 37.5 Å². The molecule has 1 atom stereocenters. The van der Waals surface area contributed by atoms with Crippen LogP contribution in [0.5, 0.6) is 0 Å². The van der Waals surface area contributed by atoms with Crippen molar-refractivity contribution in [1.29, 1.82) is 0 Å². The van der Waals surface area contributed by atoms with Gasteiger partial charge in [0.25, 0.3) is 15.9 Å². The summed E-state index contributed by atoms with van der Waals surface area (Å²) in [5.74, 6) is -1.20. The molecule has 0 unspecified atom stereocenters. The molecule has 1 aliphatic heterocycles. The molecule has 0 saturated heterocycles. The minimum atomic E-state index is -3.96. The van der Waals surface area contributed by atoms with Gasteiger partial charge in [-0.2, -0.15) is 0 Å². The second kappa shape index (κ2) is 12.4. The lowest BCUT2D eigenvalue weighted by atomic mass is 10.0. The van der Waals surface area contributed by atoms with Gasteiger partial charge in [0.1, 0.15) is 10.9 Å². The second-order valence-corrected chi connectivity index (χ2v) is 11.5. The van der Waals surface area contributed by atoms with Crippen molar-refractivity contribution in [3.63, 3.8) is 0 Å². The molecule has 0 spiro atoms. The molecule has 8 nitrogen and oxygen atoms in total. The van der Waals surface area contributed by atoms with E-state index in [9.17, 15) is 22.8 Å². The summed E-state index contributed by atoms with van der Waals surface area (Å²) in [5, 5.41) is 3.39. The molecule has 3 aromatic carbocycles. The third-order valence-electron chi connectivity index (χ3n) is 6.55. The van der Waals surface area contributed by atoms with Crippen molar-refractivity contribution in [3.8, 4) is 0 Å². The molecule has 1 N–H and O–H groups in total. The van der Waals surface area contributed by atoms with Gasteiger partial charge in [-0.1, -0.05) is 66.2 Å². The highest BCUT2D eigenvalue weighted by Crippen LogP contribution is 2.30. The molecule has 0 fully saturated rings. The number of halogens is 1. The number of fused-ring (bicyclic) bond motifs is 1. The van der Waals surface area contributed by atoms with Crippen LogP contribution in [0, 0.1) is 0 Å². The highest BCUT2D eigenvalue weighted by atomic mass is 35.5. The van der Waals surface area contributed by atoms with E-state index in [1.165, 1.54) is 17.0 Å². The van der Waals surface area contributed by atoms with Gasteiger partial charge >= 0.3 is 0 Å². The van der Waals surface area contributed by atoms with Gasteiger partial charge in [0.05, 0.1) is 5.56 Å². The van der Waals surface area contributed by atoms with E-state index in [4.69, 9.17) is 11.6 Å². The summed E-state index contributed by atoms with van der Waals surface area (Å²) >= 11 is 6.05. The Bertz CT molecular complexity index is 1450. The molecule has 39 heavy (non-hydrogen) atoms. The average molecular weight is 568 g/mol. The highest BCUT2D eigenvalue weighted by Gasteiger charge is 2.40. The van der Waals surface area contributed by atoms with Crippen molar-refractivity contribution in [3.05, 3.63) is 101 Å². The van der Waals surface area contributed by atoms with Crippen LogP contribution in [0.25, 0.3) is 0 Å². The predicted molar refractivity (Wildman–Crippen MR) is 149 cm³/mol. The van der Waals surface area contributed by atoms with Crippen LogP contribution in [0.15, 0.2) is 83.8 Å². The first-order valence-corrected chi connectivity index (χ1v) is 14.6. The predicted octanol–water partition coefficient (Wildman–Crippen LogP) is 4.04. The number of sulfonamides is 1. The summed E-state index contributed by atoms with van der Waals surface area (Å²) in [5.41, 5.74) is 1.82. The summed E-state index contributed by atoms with van der Waals surface area (Å²) in [7, 11) is -3.96. The molecule has 4 rings (SSSR count). The van der Waals surface area contributed by atoms with E-state index in [1.807, 2.05) is 37.3 Å². The lowest BCUT2D eigenvalue weighted by Gasteiger charge is -2.31. The summed E-state index contributed by atoms with van der Waals surface area (Å²) in [6.07, 6.45) is 0.372. The first kappa shape index (κ1) is 28.3.